The summed E-state index contributed by atoms with van der Waals surface area (Å²) in [4.78, 5) is 0. The first-order valence-corrected chi connectivity index (χ1v) is 4.13. The van der Waals surface area contributed by atoms with Crippen LogP contribution in [0.25, 0.3) is 0 Å². The molecule has 0 aromatic heterocycles. The van der Waals surface area contributed by atoms with Crippen LogP contribution in [0.5, 0.6) is 0 Å². The SMILES string of the molecule is CCOC(C)O.CCOC(C)O. The summed E-state index contributed by atoms with van der Waals surface area (Å²) in [6.07, 6.45) is -1.20. The van der Waals surface area contributed by atoms with Crippen molar-refractivity contribution in [1.82, 2.24) is 0 Å². The molecule has 2 atom stereocenters. The topological polar surface area (TPSA) is 58.9 Å². The largest absolute Gasteiger partial charge is 0.368 e. The van der Waals surface area contributed by atoms with Crippen LogP contribution in [0.15, 0.2) is 0 Å². The van der Waals surface area contributed by atoms with Gasteiger partial charge in [0.05, 0.1) is 0 Å². The van der Waals surface area contributed by atoms with Gasteiger partial charge in [0.25, 0.3) is 0 Å². The second-order valence-electron chi connectivity index (χ2n) is 2.11. The third-order valence-corrected chi connectivity index (χ3v) is 0.816. The Morgan fingerprint density at radius 1 is 0.917 bits per heavy atom. The molecule has 2 unspecified atom stereocenters. The molecule has 0 rings (SSSR count). The van der Waals surface area contributed by atoms with E-state index in [4.69, 9.17) is 10.2 Å². The highest BCUT2D eigenvalue weighted by Crippen LogP contribution is 1.79. The van der Waals surface area contributed by atoms with Gasteiger partial charge in [-0.1, -0.05) is 0 Å². The van der Waals surface area contributed by atoms with E-state index in [-0.39, 0.29) is 0 Å². The molecule has 0 aliphatic rings. The van der Waals surface area contributed by atoms with Gasteiger partial charge >= 0.3 is 0 Å². The number of rotatable bonds is 4. The van der Waals surface area contributed by atoms with Gasteiger partial charge in [-0.15, -0.1) is 0 Å². The second-order valence-corrected chi connectivity index (χ2v) is 2.11. The highest BCUT2D eigenvalue weighted by molar-refractivity contribution is 4.18. The van der Waals surface area contributed by atoms with Gasteiger partial charge in [-0.2, -0.15) is 0 Å². The van der Waals surface area contributed by atoms with Gasteiger partial charge in [-0.05, 0) is 27.7 Å². The van der Waals surface area contributed by atoms with E-state index < -0.39 is 12.6 Å². The zero-order valence-corrected chi connectivity index (χ0v) is 8.28. The Balaban J connectivity index is 0. The zero-order valence-electron chi connectivity index (χ0n) is 8.28. The fourth-order valence-electron chi connectivity index (χ4n) is 0.482. The number of hydrogen-bond acceptors (Lipinski definition) is 4. The molecule has 0 aromatic rings. The first-order chi connectivity index (χ1) is 5.54. The second kappa shape index (κ2) is 10.8. The van der Waals surface area contributed by atoms with Crippen LogP contribution in [0, 0.1) is 0 Å². The van der Waals surface area contributed by atoms with Crippen LogP contribution in [0.3, 0.4) is 0 Å². The predicted molar refractivity (Wildman–Crippen MR) is 46.6 cm³/mol. The fraction of sp³-hybridized carbons (Fsp3) is 1.00. The first kappa shape index (κ1) is 14.4. The Kier molecular flexibility index (Phi) is 13.0. The summed E-state index contributed by atoms with van der Waals surface area (Å²) in [5, 5.41) is 16.7. The van der Waals surface area contributed by atoms with Gasteiger partial charge in [0.15, 0.2) is 12.6 Å². The van der Waals surface area contributed by atoms with Gasteiger partial charge in [0.1, 0.15) is 0 Å². The van der Waals surface area contributed by atoms with Crippen molar-refractivity contribution in [2.24, 2.45) is 0 Å². The van der Waals surface area contributed by atoms with Gasteiger partial charge < -0.3 is 19.7 Å². The molecule has 4 heteroatoms. The van der Waals surface area contributed by atoms with Crippen molar-refractivity contribution in [3.63, 3.8) is 0 Å². The van der Waals surface area contributed by atoms with Crippen LogP contribution >= 0.6 is 0 Å². The molecule has 0 heterocycles. The van der Waals surface area contributed by atoms with Crippen molar-refractivity contribution in [2.75, 3.05) is 13.2 Å². The maximum Gasteiger partial charge on any atom is 0.151 e. The molecule has 0 aliphatic heterocycles. The lowest BCUT2D eigenvalue weighted by Gasteiger charge is -1.99. The molecule has 4 nitrogen and oxygen atoms in total. The van der Waals surface area contributed by atoms with Gasteiger partial charge in [-0.25, -0.2) is 0 Å². The summed E-state index contributed by atoms with van der Waals surface area (Å²) < 4.78 is 9.19. The van der Waals surface area contributed by atoms with Gasteiger partial charge in [-0.3, -0.25) is 0 Å². The Hall–Kier alpha value is -0.160. The van der Waals surface area contributed by atoms with Crippen LogP contribution in [-0.2, 0) is 9.47 Å². The first-order valence-electron chi connectivity index (χ1n) is 4.13. The average Bonchev–Trinajstić information content (AvgIpc) is 1.87. The van der Waals surface area contributed by atoms with E-state index in [0.717, 1.165) is 0 Å². The smallest absolute Gasteiger partial charge is 0.151 e. The number of aliphatic hydroxyl groups excluding tert-OH is 2. The van der Waals surface area contributed by atoms with E-state index >= 15 is 0 Å². The van der Waals surface area contributed by atoms with E-state index in [1.54, 1.807) is 13.8 Å². The van der Waals surface area contributed by atoms with Crippen LogP contribution < -0.4 is 0 Å². The molecule has 0 saturated heterocycles. The molecule has 12 heavy (non-hydrogen) atoms. The van der Waals surface area contributed by atoms with E-state index in [0.29, 0.717) is 13.2 Å². The van der Waals surface area contributed by atoms with Crippen molar-refractivity contribution in [3.05, 3.63) is 0 Å². The standard InChI is InChI=1S/2C4H10O2/c2*1-3-6-4(2)5/h2*4-5H,3H2,1-2H3. The van der Waals surface area contributed by atoms with Crippen LogP contribution in [0.1, 0.15) is 27.7 Å². The van der Waals surface area contributed by atoms with Crippen LogP contribution in [0.4, 0.5) is 0 Å². The van der Waals surface area contributed by atoms with Crippen molar-refractivity contribution in [1.29, 1.82) is 0 Å². The number of aliphatic hydroxyl groups is 2. The molecule has 0 radical (unpaired) electrons. The minimum atomic E-state index is -0.602. The summed E-state index contributed by atoms with van der Waals surface area (Å²) in [5.74, 6) is 0. The molecule has 0 aromatic carbocycles. The summed E-state index contributed by atoms with van der Waals surface area (Å²) in [5.41, 5.74) is 0. The highest BCUT2D eigenvalue weighted by atomic mass is 16.6. The molecule has 76 valence electrons. The van der Waals surface area contributed by atoms with E-state index in [9.17, 15) is 0 Å². The van der Waals surface area contributed by atoms with Crippen LogP contribution in [-0.4, -0.2) is 36.0 Å². The minimum Gasteiger partial charge on any atom is -0.368 e. The molecule has 0 saturated carbocycles. The van der Waals surface area contributed by atoms with E-state index in [1.807, 2.05) is 13.8 Å². The molecule has 0 bridgehead atoms. The minimum absolute atomic E-state index is 0.581. The Morgan fingerprint density at radius 2 is 1.17 bits per heavy atom. The molecule has 0 amide bonds. The van der Waals surface area contributed by atoms with Crippen molar-refractivity contribution in [2.45, 2.75) is 40.3 Å². The van der Waals surface area contributed by atoms with Gasteiger partial charge in [0.2, 0.25) is 0 Å². The maximum atomic E-state index is 8.33. The molecular weight excluding hydrogens is 160 g/mol. The highest BCUT2D eigenvalue weighted by Gasteiger charge is 1.85. The number of hydrogen-bond donors (Lipinski definition) is 2. The Morgan fingerprint density at radius 3 is 1.17 bits per heavy atom. The maximum absolute atomic E-state index is 8.33. The van der Waals surface area contributed by atoms with Gasteiger partial charge in [0, 0.05) is 13.2 Å². The average molecular weight is 180 g/mol. The molecular formula is C8H20O4. The molecule has 0 spiro atoms. The zero-order chi connectivity index (χ0) is 9.98. The molecule has 0 fully saturated rings. The van der Waals surface area contributed by atoms with Crippen molar-refractivity contribution < 1.29 is 19.7 Å². The Labute approximate surface area is 74.1 Å². The van der Waals surface area contributed by atoms with Crippen LogP contribution in [0.2, 0.25) is 0 Å². The summed E-state index contributed by atoms with van der Waals surface area (Å²) in [6.45, 7) is 8.02. The van der Waals surface area contributed by atoms with E-state index in [2.05, 4.69) is 9.47 Å². The lowest BCUT2D eigenvalue weighted by atomic mass is 10.7. The summed E-state index contributed by atoms with van der Waals surface area (Å²) in [7, 11) is 0. The third-order valence-electron chi connectivity index (χ3n) is 0.816. The number of ether oxygens (including phenoxy) is 2. The summed E-state index contributed by atoms with van der Waals surface area (Å²) >= 11 is 0. The fourth-order valence-corrected chi connectivity index (χ4v) is 0.482. The normalized spacial score (nSPS) is 14.5. The lowest BCUT2D eigenvalue weighted by molar-refractivity contribution is -0.0805. The summed E-state index contributed by atoms with van der Waals surface area (Å²) in [6, 6.07) is 0. The van der Waals surface area contributed by atoms with Crippen molar-refractivity contribution >= 4 is 0 Å². The monoisotopic (exact) mass is 180 g/mol. The Bertz CT molecular complexity index is 63.5. The lowest BCUT2D eigenvalue weighted by Crippen LogP contribution is -2.04. The van der Waals surface area contributed by atoms with E-state index in [1.165, 1.54) is 0 Å². The molecule has 2 N–H and O–H groups in total. The quantitative estimate of drug-likeness (QED) is 0.626. The van der Waals surface area contributed by atoms with Crippen molar-refractivity contribution in [3.8, 4) is 0 Å². The third kappa shape index (κ3) is 22.5. The molecule has 0 aliphatic carbocycles. The predicted octanol–water partition coefficient (Wildman–Crippen LogP) is 0.722.